The number of hydrogen-bond donors (Lipinski definition) is 0. The minimum absolute atomic E-state index is 1.19. The standard InChI is InChI=1S/C13H12BrIS2Si/c1-18(2,3)11-5-7-4-10-8(6-9(7)16-11)12(14)13(15)17-10/h4-6H,1-3H3. The van der Waals surface area contributed by atoms with Crippen molar-refractivity contribution in [3.8, 4) is 0 Å². The summed E-state index contributed by atoms with van der Waals surface area (Å²) in [5.74, 6) is 0. The summed E-state index contributed by atoms with van der Waals surface area (Å²) in [6, 6.07) is 7.11. The van der Waals surface area contributed by atoms with E-state index in [0.717, 1.165) is 0 Å². The molecule has 0 atom stereocenters. The van der Waals surface area contributed by atoms with Crippen LogP contribution in [0, 0.1) is 2.88 Å². The Balaban J connectivity index is 2.33. The number of halogens is 2. The van der Waals surface area contributed by atoms with Crippen LogP contribution in [0.5, 0.6) is 0 Å². The molecule has 0 spiro atoms. The Kier molecular flexibility index (Phi) is 3.42. The van der Waals surface area contributed by atoms with Crippen LogP contribution >= 0.6 is 61.2 Å². The number of thiophene rings is 2. The largest absolute Gasteiger partial charge is 0.145 e. The van der Waals surface area contributed by atoms with Crippen molar-refractivity contribution in [3.63, 3.8) is 0 Å². The van der Waals surface area contributed by atoms with Gasteiger partial charge in [0.15, 0.2) is 0 Å². The molecule has 0 aliphatic carbocycles. The van der Waals surface area contributed by atoms with Crippen LogP contribution < -0.4 is 4.50 Å². The highest BCUT2D eigenvalue weighted by Crippen LogP contribution is 2.39. The Bertz CT molecular complexity index is 752. The van der Waals surface area contributed by atoms with Gasteiger partial charge in [0, 0.05) is 19.3 Å². The van der Waals surface area contributed by atoms with Crippen LogP contribution in [0.1, 0.15) is 0 Å². The summed E-state index contributed by atoms with van der Waals surface area (Å²) in [4.78, 5) is 0. The molecule has 0 fully saturated rings. The predicted octanol–water partition coefficient (Wildman–Crippen LogP) is 6.03. The van der Waals surface area contributed by atoms with Gasteiger partial charge in [0.1, 0.15) is 0 Å². The van der Waals surface area contributed by atoms with Gasteiger partial charge in [0.05, 0.1) is 11.0 Å². The number of fused-ring (bicyclic) bond motifs is 2. The Morgan fingerprint density at radius 1 is 1.06 bits per heavy atom. The molecular weight excluding hydrogens is 455 g/mol. The maximum atomic E-state index is 3.70. The van der Waals surface area contributed by atoms with Crippen molar-refractivity contribution < 1.29 is 0 Å². The summed E-state index contributed by atoms with van der Waals surface area (Å²) in [6.07, 6.45) is 0. The molecule has 0 saturated carbocycles. The van der Waals surface area contributed by atoms with Crippen molar-refractivity contribution in [1.29, 1.82) is 0 Å². The normalized spacial score (nSPS) is 12.7. The number of benzene rings is 1. The van der Waals surface area contributed by atoms with E-state index in [4.69, 9.17) is 0 Å². The lowest BCUT2D eigenvalue weighted by Crippen LogP contribution is -2.34. The first kappa shape index (κ1) is 13.5. The van der Waals surface area contributed by atoms with Crippen molar-refractivity contribution in [2.45, 2.75) is 19.6 Å². The zero-order chi connectivity index (χ0) is 13.1. The van der Waals surface area contributed by atoms with E-state index >= 15 is 0 Å². The Morgan fingerprint density at radius 3 is 2.44 bits per heavy atom. The fourth-order valence-electron chi connectivity index (χ4n) is 1.94. The van der Waals surface area contributed by atoms with E-state index in [2.05, 4.69) is 76.4 Å². The van der Waals surface area contributed by atoms with Crippen LogP contribution in [0.2, 0.25) is 19.6 Å². The van der Waals surface area contributed by atoms with E-state index in [-0.39, 0.29) is 0 Å². The minimum Gasteiger partial charge on any atom is -0.145 e. The fourth-order valence-corrected chi connectivity index (χ4v) is 7.47. The molecule has 2 heterocycles. The minimum atomic E-state index is -1.19. The highest BCUT2D eigenvalue weighted by Gasteiger charge is 2.20. The lowest BCUT2D eigenvalue weighted by atomic mass is 10.2. The van der Waals surface area contributed by atoms with Crippen molar-refractivity contribution in [2.24, 2.45) is 0 Å². The summed E-state index contributed by atoms with van der Waals surface area (Å²) in [6.45, 7) is 7.25. The molecule has 0 amide bonds. The van der Waals surface area contributed by atoms with Crippen LogP contribution in [-0.2, 0) is 0 Å². The molecule has 0 nitrogen and oxygen atoms in total. The zero-order valence-corrected chi connectivity index (χ0v) is 16.7. The van der Waals surface area contributed by atoms with Gasteiger partial charge in [0.2, 0.25) is 0 Å². The lowest BCUT2D eigenvalue weighted by molar-refractivity contribution is 1.79. The third-order valence-corrected chi connectivity index (χ3v) is 11.6. The first-order chi connectivity index (χ1) is 8.36. The van der Waals surface area contributed by atoms with Crippen molar-refractivity contribution >= 4 is 93.9 Å². The average Bonchev–Trinajstić information content (AvgIpc) is 2.79. The summed E-state index contributed by atoms with van der Waals surface area (Å²) in [5, 5.41) is 2.77. The van der Waals surface area contributed by atoms with E-state index in [0.29, 0.717) is 0 Å². The first-order valence-corrected chi connectivity index (χ1v) is 12.7. The average molecular weight is 467 g/mol. The summed E-state index contributed by atoms with van der Waals surface area (Å²) in [7, 11) is -1.19. The zero-order valence-electron chi connectivity index (χ0n) is 10.3. The summed E-state index contributed by atoms with van der Waals surface area (Å²) < 4.78 is 7.01. The first-order valence-electron chi connectivity index (χ1n) is 5.68. The van der Waals surface area contributed by atoms with Gasteiger partial charge in [-0.2, -0.15) is 0 Å². The van der Waals surface area contributed by atoms with Crippen LogP contribution in [0.25, 0.3) is 20.2 Å². The molecule has 0 bridgehead atoms. The smallest absolute Gasteiger partial charge is 0.0904 e. The lowest BCUT2D eigenvalue weighted by Gasteiger charge is -2.11. The Hall–Kier alpha value is 0.567. The van der Waals surface area contributed by atoms with E-state index in [1.54, 1.807) is 4.50 Å². The monoisotopic (exact) mass is 466 g/mol. The molecule has 3 aromatic rings. The molecule has 0 N–H and O–H groups in total. The second-order valence-corrected chi connectivity index (χ2v) is 15.6. The van der Waals surface area contributed by atoms with E-state index in [1.807, 2.05) is 22.7 Å². The molecule has 0 saturated heterocycles. The quantitative estimate of drug-likeness (QED) is 0.303. The molecule has 0 aliphatic heterocycles. The molecule has 0 radical (unpaired) electrons. The van der Waals surface area contributed by atoms with E-state index < -0.39 is 8.07 Å². The summed E-state index contributed by atoms with van der Waals surface area (Å²) in [5.41, 5.74) is 0. The van der Waals surface area contributed by atoms with Gasteiger partial charge in [-0.1, -0.05) is 19.6 Å². The van der Waals surface area contributed by atoms with E-state index in [1.165, 1.54) is 27.5 Å². The number of rotatable bonds is 1. The van der Waals surface area contributed by atoms with Gasteiger partial charge >= 0.3 is 0 Å². The van der Waals surface area contributed by atoms with Gasteiger partial charge in [-0.05, 0) is 66.6 Å². The van der Waals surface area contributed by atoms with Crippen LogP contribution in [0.3, 0.4) is 0 Å². The number of hydrogen-bond acceptors (Lipinski definition) is 2. The molecular formula is C13H12BrIS2Si. The topological polar surface area (TPSA) is 0 Å². The second kappa shape index (κ2) is 4.55. The van der Waals surface area contributed by atoms with Crippen molar-refractivity contribution in [2.75, 3.05) is 0 Å². The molecule has 3 rings (SSSR count). The van der Waals surface area contributed by atoms with Gasteiger partial charge in [0.25, 0.3) is 0 Å². The van der Waals surface area contributed by atoms with Gasteiger partial charge < -0.3 is 0 Å². The van der Waals surface area contributed by atoms with Crippen LogP contribution in [0.15, 0.2) is 22.7 Å². The van der Waals surface area contributed by atoms with Crippen LogP contribution in [0.4, 0.5) is 0 Å². The second-order valence-electron chi connectivity index (χ2n) is 5.44. The molecule has 5 heteroatoms. The maximum Gasteiger partial charge on any atom is 0.0904 e. The molecule has 0 unspecified atom stereocenters. The van der Waals surface area contributed by atoms with Gasteiger partial charge in [-0.15, -0.1) is 22.7 Å². The molecule has 1 aromatic carbocycles. The highest BCUT2D eigenvalue weighted by molar-refractivity contribution is 14.1. The summed E-state index contributed by atoms with van der Waals surface area (Å²) >= 11 is 9.95. The fraction of sp³-hybridized carbons (Fsp3) is 0.231. The van der Waals surface area contributed by atoms with Crippen molar-refractivity contribution in [3.05, 3.63) is 25.6 Å². The highest BCUT2D eigenvalue weighted by atomic mass is 127. The molecule has 0 aliphatic rings. The van der Waals surface area contributed by atoms with Gasteiger partial charge in [-0.3, -0.25) is 0 Å². The third kappa shape index (κ3) is 2.22. The third-order valence-electron chi connectivity index (χ3n) is 2.97. The molecule has 2 aromatic heterocycles. The predicted molar refractivity (Wildman–Crippen MR) is 101 cm³/mol. The molecule has 18 heavy (non-hydrogen) atoms. The maximum absolute atomic E-state index is 3.70. The Labute approximate surface area is 138 Å². The SMILES string of the molecule is C[Si](C)(C)c1cc2cc3sc(I)c(Br)c3cc2s1. The van der Waals surface area contributed by atoms with E-state index in [9.17, 15) is 0 Å². The van der Waals surface area contributed by atoms with Gasteiger partial charge in [-0.25, -0.2) is 0 Å². The van der Waals surface area contributed by atoms with Crippen molar-refractivity contribution in [1.82, 2.24) is 0 Å². The van der Waals surface area contributed by atoms with Crippen LogP contribution in [-0.4, -0.2) is 8.07 Å². The molecule has 94 valence electrons. The Morgan fingerprint density at radius 2 is 1.78 bits per heavy atom.